The smallest absolute Gasteiger partial charge is 0.259 e. The number of nitrogens with one attached hydrogen (secondary N) is 1. The van der Waals surface area contributed by atoms with E-state index in [0.29, 0.717) is 5.69 Å². The normalized spacial score (nSPS) is 10.7. The van der Waals surface area contributed by atoms with Gasteiger partial charge in [0, 0.05) is 17.4 Å². The molecule has 0 atom stereocenters. The van der Waals surface area contributed by atoms with Gasteiger partial charge in [-0.25, -0.2) is 17.9 Å². The molecule has 0 unspecified atom stereocenters. The standard InChI is InChI=1S/C22H14F3N3O/c23-15-5-4-6-16(12-15)26-22(29)18-13-28(17-7-2-1-3-8-17)27-21(18)14-9-10-19(24)20(25)11-14/h1-13H,(H,26,29). The van der Waals surface area contributed by atoms with E-state index in [9.17, 15) is 18.0 Å². The van der Waals surface area contributed by atoms with E-state index in [0.717, 1.165) is 12.1 Å². The number of halogens is 3. The Bertz CT molecular complexity index is 1190. The summed E-state index contributed by atoms with van der Waals surface area (Å²) in [6.07, 6.45) is 1.49. The van der Waals surface area contributed by atoms with Gasteiger partial charge >= 0.3 is 0 Å². The van der Waals surface area contributed by atoms with E-state index in [1.54, 1.807) is 30.3 Å². The molecule has 4 nitrogen and oxygen atoms in total. The van der Waals surface area contributed by atoms with Crippen LogP contribution in [0.3, 0.4) is 0 Å². The molecule has 0 saturated carbocycles. The number of hydrogen-bond donors (Lipinski definition) is 1. The number of rotatable bonds is 4. The van der Waals surface area contributed by atoms with Crippen molar-refractivity contribution < 1.29 is 18.0 Å². The van der Waals surface area contributed by atoms with Gasteiger partial charge in [0.1, 0.15) is 11.5 Å². The highest BCUT2D eigenvalue weighted by Gasteiger charge is 2.20. The van der Waals surface area contributed by atoms with Crippen molar-refractivity contribution >= 4 is 11.6 Å². The second-order valence-electron chi connectivity index (χ2n) is 6.26. The Kier molecular flexibility index (Phi) is 4.87. The average Bonchev–Trinajstić information content (AvgIpc) is 3.16. The monoisotopic (exact) mass is 393 g/mol. The lowest BCUT2D eigenvalue weighted by atomic mass is 10.1. The summed E-state index contributed by atoms with van der Waals surface area (Å²) in [6.45, 7) is 0. The number of carbonyl (C=O) groups is 1. The zero-order chi connectivity index (χ0) is 20.4. The first-order valence-electron chi connectivity index (χ1n) is 8.69. The number of hydrogen-bond acceptors (Lipinski definition) is 2. The molecule has 0 spiro atoms. The van der Waals surface area contributed by atoms with Crippen molar-refractivity contribution in [1.82, 2.24) is 9.78 Å². The molecule has 4 aromatic rings. The molecule has 4 rings (SSSR count). The van der Waals surface area contributed by atoms with E-state index in [1.807, 2.05) is 6.07 Å². The molecule has 0 radical (unpaired) electrons. The predicted molar refractivity (Wildman–Crippen MR) is 103 cm³/mol. The highest BCUT2D eigenvalue weighted by atomic mass is 19.2. The third-order valence-corrected chi connectivity index (χ3v) is 4.26. The SMILES string of the molecule is O=C(Nc1cccc(F)c1)c1cn(-c2ccccc2)nc1-c1ccc(F)c(F)c1. The van der Waals surface area contributed by atoms with Crippen molar-refractivity contribution in [3.8, 4) is 16.9 Å². The highest BCUT2D eigenvalue weighted by Crippen LogP contribution is 2.26. The maximum absolute atomic E-state index is 13.8. The summed E-state index contributed by atoms with van der Waals surface area (Å²) in [6, 6.07) is 17.8. The van der Waals surface area contributed by atoms with Crippen LogP contribution in [0.2, 0.25) is 0 Å². The summed E-state index contributed by atoms with van der Waals surface area (Å²) >= 11 is 0. The summed E-state index contributed by atoms with van der Waals surface area (Å²) in [4.78, 5) is 12.9. The molecular weight excluding hydrogens is 379 g/mol. The van der Waals surface area contributed by atoms with Crippen LogP contribution >= 0.6 is 0 Å². The van der Waals surface area contributed by atoms with E-state index in [1.165, 1.54) is 35.1 Å². The highest BCUT2D eigenvalue weighted by molar-refractivity contribution is 6.08. The van der Waals surface area contributed by atoms with Gasteiger partial charge in [0.15, 0.2) is 11.6 Å². The molecule has 1 N–H and O–H groups in total. The Morgan fingerprint density at radius 2 is 1.66 bits per heavy atom. The minimum Gasteiger partial charge on any atom is -0.322 e. The number of carbonyl (C=O) groups excluding carboxylic acids is 1. The van der Waals surface area contributed by atoms with Gasteiger partial charge in [0.2, 0.25) is 0 Å². The van der Waals surface area contributed by atoms with Crippen molar-refractivity contribution in [3.05, 3.63) is 102 Å². The van der Waals surface area contributed by atoms with Crippen LogP contribution in [0.5, 0.6) is 0 Å². The maximum Gasteiger partial charge on any atom is 0.259 e. The molecule has 7 heteroatoms. The largest absolute Gasteiger partial charge is 0.322 e. The van der Waals surface area contributed by atoms with Gasteiger partial charge in [-0.15, -0.1) is 0 Å². The van der Waals surface area contributed by atoms with Gasteiger partial charge in [-0.05, 0) is 48.5 Å². The first-order valence-corrected chi connectivity index (χ1v) is 8.69. The van der Waals surface area contributed by atoms with Crippen LogP contribution in [0.1, 0.15) is 10.4 Å². The van der Waals surface area contributed by atoms with Crippen LogP contribution in [-0.2, 0) is 0 Å². The fourth-order valence-corrected chi connectivity index (χ4v) is 2.87. The number of amides is 1. The molecule has 0 aliphatic carbocycles. The Morgan fingerprint density at radius 1 is 0.862 bits per heavy atom. The van der Waals surface area contributed by atoms with Crippen LogP contribution in [0.4, 0.5) is 18.9 Å². The Hall–Kier alpha value is -3.87. The van der Waals surface area contributed by atoms with E-state index < -0.39 is 23.4 Å². The molecule has 29 heavy (non-hydrogen) atoms. The maximum atomic E-state index is 13.8. The van der Waals surface area contributed by atoms with Crippen molar-refractivity contribution in [3.63, 3.8) is 0 Å². The molecule has 0 bridgehead atoms. The molecule has 3 aromatic carbocycles. The second-order valence-corrected chi connectivity index (χ2v) is 6.26. The van der Waals surface area contributed by atoms with Gasteiger partial charge in [-0.3, -0.25) is 4.79 Å². The molecule has 144 valence electrons. The Morgan fingerprint density at radius 3 is 2.38 bits per heavy atom. The molecular formula is C22H14F3N3O. The first kappa shape index (κ1) is 18.5. The number of benzene rings is 3. The van der Waals surface area contributed by atoms with E-state index in [-0.39, 0.29) is 22.5 Å². The number of aromatic nitrogens is 2. The van der Waals surface area contributed by atoms with Gasteiger partial charge in [0.05, 0.1) is 11.3 Å². The number of anilines is 1. The third kappa shape index (κ3) is 3.89. The minimum absolute atomic E-state index is 0.129. The van der Waals surface area contributed by atoms with Crippen molar-refractivity contribution in [2.24, 2.45) is 0 Å². The molecule has 1 aromatic heterocycles. The fraction of sp³-hybridized carbons (Fsp3) is 0. The van der Waals surface area contributed by atoms with Gasteiger partial charge in [0.25, 0.3) is 5.91 Å². The van der Waals surface area contributed by atoms with Crippen LogP contribution in [0.25, 0.3) is 16.9 Å². The fourth-order valence-electron chi connectivity index (χ4n) is 2.87. The Balaban J connectivity index is 1.79. The van der Waals surface area contributed by atoms with E-state index in [4.69, 9.17) is 0 Å². The summed E-state index contributed by atoms with van der Waals surface area (Å²) in [7, 11) is 0. The van der Waals surface area contributed by atoms with Crippen LogP contribution in [0.15, 0.2) is 79.0 Å². The topological polar surface area (TPSA) is 46.9 Å². The second kappa shape index (κ2) is 7.63. The lowest BCUT2D eigenvalue weighted by molar-refractivity contribution is 0.102. The molecule has 0 fully saturated rings. The third-order valence-electron chi connectivity index (χ3n) is 4.26. The van der Waals surface area contributed by atoms with Crippen LogP contribution in [-0.4, -0.2) is 15.7 Å². The number of nitrogens with zero attached hydrogens (tertiary/aromatic N) is 2. The predicted octanol–water partition coefficient (Wildman–Crippen LogP) is 5.21. The molecule has 1 heterocycles. The summed E-state index contributed by atoms with van der Waals surface area (Å²) in [5.74, 6) is -3.10. The van der Waals surface area contributed by atoms with Crippen molar-refractivity contribution in [2.75, 3.05) is 5.32 Å². The van der Waals surface area contributed by atoms with Gasteiger partial charge in [-0.1, -0.05) is 24.3 Å². The Labute approximate surface area is 164 Å². The lowest BCUT2D eigenvalue weighted by Crippen LogP contribution is -2.12. The first-order chi connectivity index (χ1) is 14.0. The van der Waals surface area contributed by atoms with Gasteiger partial charge in [-0.2, -0.15) is 5.10 Å². The lowest BCUT2D eigenvalue weighted by Gasteiger charge is -2.06. The van der Waals surface area contributed by atoms with Gasteiger partial charge < -0.3 is 5.32 Å². The van der Waals surface area contributed by atoms with Crippen molar-refractivity contribution in [1.29, 1.82) is 0 Å². The minimum atomic E-state index is -1.05. The molecule has 1 amide bonds. The van der Waals surface area contributed by atoms with Crippen LogP contribution < -0.4 is 5.32 Å². The zero-order valence-electron chi connectivity index (χ0n) is 14.9. The molecule has 0 saturated heterocycles. The van der Waals surface area contributed by atoms with Crippen molar-refractivity contribution in [2.45, 2.75) is 0 Å². The van der Waals surface area contributed by atoms with E-state index >= 15 is 0 Å². The summed E-state index contributed by atoms with van der Waals surface area (Å²) < 4.78 is 42.0. The summed E-state index contributed by atoms with van der Waals surface area (Å²) in [5.41, 5.74) is 1.48. The zero-order valence-corrected chi connectivity index (χ0v) is 14.9. The number of para-hydroxylation sites is 1. The molecule has 0 aliphatic rings. The van der Waals surface area contributed by atoms with E-state index in [2.05, 4.69) is 10.4 Å². The summed E-state index contributed by atoms with van der Waals surface area (Å²) in [5, 5.41) is 6.99. The quantitative estimate of drug-likeness (QED) is 0.517. The van der Waals surface area contributed by atoms with Crippen LogP contribution in [0, 0.1) is 17.5 Å². The average molecular weight is 393 g/mol. The molecule has 0 aliphatic heterocycles.